The Bertz CT molecular complexity index is 582. The summed E-state index contributed by atoms with van der Waals surface area (Å²) in [4.78, 5) is 35.5. The number of aromatic hydroxyl groups is 1. The number of carboxylic acid groups (broad SMARTS) is 1. The standard InChI is InChI=1S/C13H13NO6/c1-20-13(19)8-5-11(16)14(6-8)9-4-7(12(17)18)2-3-10(9)15/h2-4,8,15H,5-6H2,1H3,(H,17,18). The second-order valence-electron chi connectivity index (χ2n) is 4.44. The molecule has 0 spiro atoms. The number of benzene rings is 1. The first-order chi connectivity index (χ1) is 9.43. The molecule has 1 heterocycles. The van der Waals surface area contributed by atoms with Crippen LogP contribution in [-0.2, 0) is 14.3 Å². The molecule has 1 amide bonds. The minimum Gasteiger partial charge on any atom is -0.506 e. The predicted molar refractivity (Wildman–Crippen MR) is 67.5 cm³/mol. The van der Waals surface area contributed by atoms with E-state index in [4.69, 9.17) is 5.11 Å². The van der Waals surface area contributed by atoms with Crippen LogP contribution in [0.4, 0.5) is 5.69 Å². The molecule has 0 radical (unpaired) electrons. The summed E-state index contributed by atoms with van der Waals surface area (Å²) in [5.41, 5.74) is 0.0356. The molecule has 1 aromatic carbocycles. The van der Waals surface area contributed by atoms with Crippen LogP contribution in [0.3, 0.4) is 0 Å². The summed E-state index contributed by atoms with van der Waals surface area (Å²) in [5, 5.41) is 18.7. The number of anilines is 1. The first kappa shape index (κ1) is 13.9. The van der Waals surface area contributed by atoms with Crippen molar-refractivity contribution in [2.45, 2.75) is 6.42 Å². The smallest absolute Gasteiger partial charge is 0.335 e. The van der Waals surface area contributed by atoms with Gasteiger partial charge in [0, 0.05) is 13.0 Å². The number of esters is 1. The monoisotopic (exact) mass is 279 g/mol. The van der Waals surface area contributed by atoms with Gasteiger partial charge in [0.15, 0.2) is 0 Å². The Hall–Kier alpha value is -2.57. The zero-order valence-corrected chi connectivity index (χ0v) is 10.7. The van der Waals surface area contributed by atoms with Crippen molar-refractivity contribution in [1.82, 2.24) is 0 Å². The molecular weight excluding hydrogens is 266 g/mol. The third-order valence-electron chi connectivity index (χ3n) is 3.17. The van der Waals surface area contributed by atoms with Gasteiger partial charge in [0.05, 0.1) is 24.3 Å². The summed E-state index contributed by atoms with van der Waals surface area (Å²) in [6.07, 6.45) is -0.0244. The lowest BCUT2D eigenvalue weighted by Crippen LogP contribution is -2.26. The molecule has 7 nitrogen and oxygen atoms in total. The molecule has 1 aromatic rings. The van der Waals surface area contributed by atoms with Crippen LogP contribution in [0.25, 0.3) is 0 Å². The quantitative estimate of drug-likeness (QED) is 0.786. The molecule has 1 atom stereocenters. The number of phenolic OH excluding ortho intramolecular Hbond substituents is 1. The molecule has 0 aliphatic carbocycles. The van der Waals surface area contributed by atoms with E-state index in [2.05, 4.69) is 4.74 Å². The van der Waals surface area contributed by atoms with Gasteiger partial charge in [-0.05, 0) is 18.2 Å². The van der Waals surface area contributed by atoms with Crippen molar-refractivity contribution in [3.63, 3.8) is 0 Å². The normalized spacial score (nSPS) is 18.1. The summed E-state index contributed by atoms with van der Waals surface area (Å²) < 4.78 is 4.58. The van der Waals surface area contributed by atoms with Gasteiger partial charge in [-0.2, -0.15) is 0 Å². The minimum atomic E-state index is -1.16. The molecule has 1 saturated heterocycles. The lowest BCUT2D eigenvalue weighted by Gasteiger charge is -2.18. The largest absolute Gasteiger partial charge is 0.506 e. The van der Waals surface area contributed by atoms with E-state index in [-0.39, 0.29) is 35.9 Å². The van der Waals surface area contributed by atoms with Crippen molar-refractivity contribution in [3.05, 3.63) is 23.8 Å². The Morgan fingerprint density at radius 3 is 2.70 bits per heavy atom. The highest BCUT2D eigenvalue weighted by atomic mass is 16.5. The number of amides is 1. The van der Waals surface area contributed by atoms with E-state index in [1.54, 1.807) is 0 Å². The lowest BCUT2D eigenvalue weighted by molar-refractivity contribution is -0.145. The molecule has 1 aliphatic heterocycles. The first-order valence-corrected chi connectivity index (χ1v) is 5.88. The van der Waals surface area contributed by atoms with Gasteiger partial charge in [-0.1, -0.05) is 0 Å². The van der Waals surface area contributed by atoms with Gasteiger partial charge in [-0.3, -0.25) is 9.59 Å². The highest BCUT2D eigenvalue weighted by Gasteiger charge is 2.37. The molecule has 0 saturated carbocycles. The number of hydrogen-bond acceptors (Lipinski definition) is 5. The zero-order chi connectivity index (χ0) is 14.9. The number of phenols is 1. The van der Waals surface area contributed by atoms with Gasteiger partial charge < -0.3 is 19.8 Å². The SMILES string of the molecule is COC(=O)C1CC(=O)N(c2cc(C(=O)O)ccc2O)C1. The number of rotatable bonds is 3. The Balaban J connectivity index is 2.32. The summed E-state index contributed by atoms with van der Waals surface area (Å²) in [7, 11) is 1.23. The molecule has 2 N–H and O–H groups in total. The van der Waals surface area contributed by atoms with Crippen molar-refractivity contribution in [3.8, 4) is 5.75 Å². The van der Waals surface area contributed by atoms with Gasteiger partial charge in [0.2, 0.25) is 5.91 Å². The fourth-order valence-corrected chi connectivity index (χ4v) is 2.14. The highest BCUT2D eigenvalue weighted by Crippen LogP contribution is 2.33. The lowest BCUT2D eigenvalue weighted by atomic mass is 10.1. The van der Waals surface area contributed by atoms with Crippen molar-refractivity contribution in [1.29, 1.82) is 0 Å². The van der Waals surface area contributed by atoms with Crippen LogP contribution in [0.15, 0.2) is 18.2 Å². The van der Waals surface area contributed by atoms with Crippen LogP contribution in [0, 0.1) is 5.92 Å². The molecule has 0 bridgehead atoms. The summed E-state index contributed by atoms with van der Waals surface area (Å²) in [6.45, 7) is 0.0577. The number of carboxylic acids is 1. The van der Waals surface area contributed by atoms with E-state index in [9.17, 15) is 19.5 Å². The van der Waals surface area contributed by atoms with Crippen molar-refractivity contribution >= 4 is 23.5 Å². The van der Waals surface area contributed by atoms with Crippen LogP contribution in [-0.4, -0.2) is 41.7 Å². The highest BCUT2D eigenvalue weighted by molar-refractivity contribution is 6.01. The van der Waals surface area contributed by atoms with E-state index >= 15 is 0 Å². The zero-order valence-electron chi connectivity index (χ0n) is 10.7. The van der Waals surface area contributed by atoms with E-state index < -0.39 is 17.9 Å². The van der Waals surface area contributed by atoms with Crippen LogP contribution < -0.4 is 4.90 Å². The molecule has 7 heteroatoms. The first-order valence-electron chi connectivity index (χ1n) is 5.88. The molecule has 1 unspecified atom stereocenters. The summed E-state index contributed by atoms with van der Waals surface area (Å²) >= 11 is 0. The predicted octanol–water partition coefficient (Wildman–Crippen LogP) is 0.616. The molecule has 1 fully saturated rings. The van der Waals surface area contributed by atoms with Gasteiger partial charge >= 0.3 is 11.9 Å². The van der Waals surface area contributed by atoms with E-state index in [0.29, 0.717) is 0 Å². The Kier molecular flexibility index (Phi) is 3.60. The number of hydrogen-bond donors (Lipinski definition) is 2. The number of ether oxygens (including phenoxy) is 1. The maximum Gasteiger partial charge on any atom is 0.335 e. The van der Waals surface area contributed by atoms with E-state index in [0.717, 1.165) is 0 Å². The van der Waals surface area contributed by atoms with E-state index in [1.807, 2.05) is 0 Å². The maximum atomic E-state index is 11.9. The molecule has 20 heavy (non-hydrogen) atoms. The molecule has 106 valence electrons. The van der Waals surface area contributed by atoms with Gasteiger partial charge in [0.1, 0.15) is 5.75 Å². The fraction of sp³-hybridized carbons (Fsp3) is 0.308. The average molecular weight is 279 g/mol. The number of methoxy groups -OCH3 is 1. The van der Waals surface area contributed by atoms with Crippen molar-refractivity contribution in [2.24, 2.45) is 5.92 Å². The molecular formula is C13H13NO6. The average Bonchev–Trinajstić information content (AvgIpc) is 2.80. The second kappa shape index (κ2) is 5.20. The molecule has 0 aromatic heterocycles. The van der Waals surface area contributed by atoms with Crippen molar-refractivity contribution < 1.29 is 29.3 Å². The molecule has 1 aliphatic rings. The summed E-state index contributed by atoms with van der Waals surface area (Å²) in [6, 6.07) is 3.65. The number of carbonyl (C=O) groups is 3. The third kappa shape index (κ3) is 2.42. The van der Waals surface area contributed by atoms with Crippen LogP contribution in [0.1, 0.15) is 16.8 Å². The summed E-state index contributed by atoms with van der Waals surface area (Å²) in [5.74, 6) is -2.86. The second-order valence-corrected chi connectivity index (χ2v) is 4.44. The Morgan fingerprint density at radius 1 is 1.40 bits per heavy atom. The Labute approximate surface area is 114 Å². The third-order valence-corrected chi connectivity index (χ3v) is 3.17. The van der Waals surface area contributed by atoms with Crippen molar-refractivity contribution in [2.75, 3.05) is 18.6 Å². The van der Waals surface area contributed by atoms with Crippen LogP contribution in [0.2, 0.25) is 0 Å². The fourth-order valence-electron chi connectivity index (χ4n) is 2.14. The number of aromatic carboxylic acids is 1. The van der Waals surface area contributed by atoms with E-state index in [1.165, 1.54) is 30.2 Å². The van der Waals surface area contributed by atoms with Crippen LogP contribution in [0.5, 0.6) is 5.75 Å². The number of carbonyl (C=O) groups excluding carboxylic acids is 2. The van der Waals surface area contributed by atoms with Crippen LogP contribution >= 0.6 is 0 Å². The number of nitrogens with zero attached hydrogens (tertiary/aromatic N) is 1. The van der Waals surface area contributed by atoms with Gasteiger partial charge in [-0.25, -0.2) is 4.79 Å². The Morgan fingerprint density at radius 2 is 2.10 bits per heavy atom. The van der Waals surface area contributed by atoms with Gasteiger partial charge in [-0.15, -0.1) is 0 Å². The van der Waals surface area contributed by atoms with Gasteiger partial charge in [0.25, 0.3) is 0 Å². The minimum absolute atomic E-state index is 0.0244. The maximum absolute atomic E-state index is 11.9. The topological polar surface area (TPSA) is 104 Å². The molecule has 2 rings (SSSR count).